The van der Waals surface area contributed by atoms with E-state index in [1.807, 2.05) is 46.4 Å². The molecule has 3 aromatic rings. The number of nitrogens with zero attached hydrogens (tertiary/aromatic N) is 4. The fraction of sp³-hybridized carbons (Fsp3) is 0.111. The van der Waals surface area contributed by atoms with Gasteiger partial charge in [-0.1, -0.05) is 24.3 Å². The van der Waals surface area contributed by atoms with Gasteiger partial charge < -0.3 is 4.90 Å². The minimum absolute atomic E-state index is 0.213. The third-order valence-corrected chi connectivity index (χ3v) is 3.94. The maximum Gasteiger partial charge on any atom is 0.123 e. The van der Waals surface area contributed by atoms with Crippen LogP contribution in [0.3, 0.4) is 0 Å². The Morgan fingerprint density at radius 2 is 1.96 bits per heavy atom. The third-order valence-electron chi connectivity index (χ3n) is 3.94. The van der Waals surface area contributed by atoms with Crippen LogP contribution >= 0.6 is 0 Å². The third kappa shape index (κ3) is 2.99. The molecule has 0 aliphatic carbocycles. The van der Waals surface area contributed by atoms with Crippen molar-refractivity contribution in [2.75, 3.05) is 11.7 Å². The summed E-state index contributed by atoms with van der Waals surface area (Å²) in [5, 5.41) is 13.1. The first-order valence-electron chi connectivity index (χ1n) is 7.67. The van der Waals surface area contributed by atoms with Crippen LogP contribution in [0.15, 0.2) is 66.0 Å². The van der Waals surface area contributed by atoms with Crippen molar-refractivity contribution in [1.82, 2.24) is 15.1 Å². The number of rotatable bonds is 4. The molecule has 120 valence electrons. The van der Waals surface area contributed by atoms with Gasteiger partial charge in [-0.2, -0.15) is 10.2 Å². The van der Waals surface area contributed by atoms with Crippen LogP contribution in [0.2, 0.25) is 0 Å². The van der Waals surface area contributed by atoms with Crippen LogP contribution in [0.5, 0.6) is 0 Å². The number of aromatic nitrogens is 2. The average molecular weight is 321 g/mol. The summed E-state index contributed by atoms with van der Waals surface area (Å²) in [6.07, 6.45) is 5.45. The predicted octanol–water partition coefficient (Wildman–Crippen LogP) is 3.44. The quantitative estimate of drug-likeness (QED) is 0.801. The number of aromatic amines is 1. The van der Waals surface area contributed by atoms with Gasteiger partial charge >= 0.3 is 0 Å². The number of hydrogen-bond acceptors (Lipinski definition) is 4. The normalized spacial score (nSPS) is 13.7. The first-order chi connectivity index (χ1) is 11.8. The van der Waals surface area contributed by atoms with Gasteiger partial charge in [-0.3, -0.25) is 5.10 Å². The SMILES string of the molecule is Fc1cccc(CN2C=NN(c3ccc(-c4cn[nH]c4)cc3)C2)c1. The van der Waals surface area contributed by atoms with Crippen molar-refractivity contribution in [2.24, 2.45) is 5.10 Å². The molecule has 2 heterocycles. The van der Waals surface area contributed by atoms with Crippen LogP contribution in [-0.2, 0) is 6.54 Å². The Morgan fingerprint density at radius 3 is 2.71 bits per heavy atom. The maximum absolute atomic E-state index is 13.3. The number of hydrogen-bond donors (Lipinski definition) is 1. The van der Waals surface area contributed by atoms with Crippen LogP contribution in [0.1, 0.15) is 5.56 Å². The Kier molecular flexibility index (Phi) is 3.70. The van der Waals surface area contributed by atoms with Gasteiger partial charge in [0, 0.05) is 18.3 Å². The number of halogens is 1. The molecule has 0 spiro atoms. The van der Waals surface area contributed by atoms with Crippen molar-refractivity contribution < 1.29 is 4.39 Å². The molecule has 4 rings (SSSR count). The summed E-state index contributed by atoms with van der Waals surface area (Å²) in [5.41, 5.74) is 4.10. The zero-order chi connectivity index (χ0) is 16.4. The van der Waals surface area contributed by atoms with E-state index in [2.05, 4.69) is 15.3 Å². The lowest BCUT2D eigenvalue weighted by molar-refractivity contribution is 0.450. The van der Waals surface area contributed by atoms with Crippen molar-refractivity contribution in [2.45, 2.75) is 6.54 Å². The molecule has 24 heavy (non-hydrogen) atoms. The van der Waals surface area contributed by atoms with Crippen molar-refractivity contribution in [3.05, 3.63) is 72.3 Å². The van der Waals surface area contributed by atoms with Gasteiger partial charge in [0.25, 0.3) is 0 Å². The van der Waals surface area contributed by atoms with E-state index in [4.69, 9.17) is 0 Å². The van der Waals surface area contributed by atoms with E-state index in [9.17, 15) is 4.39 Å². The van der Waals surface area contributed by atoms with Gasteiger partial charge in [0.2, 0.25) is 0 Å². The lowest BCUT2D eigenvalue weighted by Crippen LogP contribution is -2.26. The molecule has 1 aromatic heterocycles. The molecule has 0 amide bonds. The largest absolute Gasteiger partial charge is 0.337 e. The first-order valence-corrected chi connectivity index (χ1v) is 7.67. The predicted molar refractivity (Wildman–Crippen MR) is 91.8 cm³/mol. The summed E-state index contributed by atoms with van der Waals surface area (Å²) in [6.45, 7) is 1.27. The molecule has 6 heteroatoms. The average Bonchev–Trinajstić information content (AvgIpc) is 3.27. The van der Waals surface area contributed by atoms with Gasteiger partial charge in [-0.25, -0.2) is 9.40 Å². The van der Waals surface area contributed by atoms with E-state index in [0.29, 0.717) is 13.2 Å². The monoisotopic (exact) mass is 321 g/mol. The molecule has 5 nitrogen and oxygen atoms in total. The molecule has 2 aromatic carbocycles. The summed E-state index contributed by atoms with van der Waals surface area (Å²) >= 11 is 0. The van der Waals surface area contributed by atoms with Gasteiger partial charge in [0.05, 0.1) is 11.9 Å². The second kappa shape index (κ2) is 6.16. The zero-order valence-corrected chi connectivity index (χ0v) is 12.9. The summed E-state index contributed by atoms with van der Waals surface area (Å²) in [4.78, 5) is 2.04. The smallest absolute Gasteiger partial charge is 0.123 e. The number of hydrazone groups is 1. The summed E-state index contributed by atoms with van der Waals surface area (Å²) < 4.78 is 13.3. The van der Waals surface area contributed by atoms with Crippen LogP contribution < -0.4 is 5.01 Å². The maximum atomic E-state index is 13.3. The van der Waals surface area contributed by atoms with Gasteiger partial charge in [-0.15, -0.1) is 0 Å². The van der Waals surface area contributed by atoms with Crippen molar-refractivity contribution in [3.8, 4) is 11.1 Å². The molecule has 0 saturated carbocycles. The molecule has 0 radical (unpaired) electrons. The van der Waals surface area contributed by atoms with Crippen molar-refractivity contribution in [3.63, 3.8) is 0 Å². The molecule has 0 atom stereocenters. The highest BCUT2D eigenvalue weighted by Gasteiger charge is 2.16. The minimum Gasteiger partial charge on any atom is -0.337 e. The van der Waals surface area contributed by atoms with Gasteiger partial charge in [0.1, 0.15) is 18.8 Å². The van der Waals surface area contributed by atoms with Gasteiger partial charge in [0.15, 0.2) is 0 Å². The Balaban J connectivity index is 1.42. The van der Waals surface area contributed by atoms with Gasteiger partial charge in [-0.05, 0) is 35.4 Å². The highest BCUT2D eigenvalue weighted by atomic mass is 19.1. The van der Waals surface area contributed by atoms with E-state index >= 15 is 0 Å². The van der Waals surface area contributed by atoms with Crippen LogP contribution in [0.25, 0.3) is 11.1 Å². The standard InChI is InChI=1S/C18H16FN5/c19-17-3-1-2-14(8-17)11-23-12-22-24(13-23)18-6-4-15(5-7-18)16-9-20-21-10-16/h1-10,12H,11,13H2,(H,20,21). The Morgan fingerprint density at radius 1 is 1.08 bits per heavy atom. The van der Waals surface area contributed by atoms with E-state index in [-0.39, 0.29) is 5.82 Å². The van der Waals surface area contributed by atoms with Crippen LogP contribution in [0.4, 0.5) is 10.1 Å². The number of benzene rings is 2. The molecule has 0 fully saturated rings. The topological polar surface area (TPSA) is 47.5 Å². The van der Waals surface area contributed by atoms with Crippen molar-refractivity contribution >= 4 is 12.0 Å². The molecule has 1 N–H and O–H groups in total. The van der Waals surface area contributed by atoms with Crippen LogP contribution in [0, 0.1) is 5.82 Å². The molecule has 1 aliphatic rings. The number of nitrogens with one attached hydrogen (secondary N) is 1. The Hall–Kier alpha value is -3.15. The first kappa shape index (κ1) is 14.4. The van der Waals surface area contributed by atoms with E-state index < -0.39 is 0 Å². The summed E-state index contributed by atoms with van der Waals surface area (Å²) in [5.74, 6) is -0.213. The fourth-order valence-corrected chi connectivity index (χ4v) is 2.72. The summed E-state index contributed by atoms with van der Waals surface area (Å²) in [6, 6.07) is 14.8. The Labute approximate surface area is 139 Å². The lowest BCUT2D eigenvalue weighted by atomic mass is 10.1. The summed E-state index contributed by atoms with van der Waals surface area (Å²) in [7, 11) is 0. The fourth-order valence-electron chi connectivity index (χ4n) is 2.72. The zero-order valence-electron chi connectivity index (χ0n) is 12.9. The highest BCUT2D eigenvalue weighted by molar-refractivity contribution is 5.67. The van der Waals surface area contributed by atoms with E-state index in [0.717, 1.165) is 22.4 Å². The van der Waals surface area contributed by atoms with E-state index in [1.54, 1.807) is 24.7 Å². The van der Waals surface area contributed by atoms with E-state index in [1.165, 1.54) is 6.07 Å². The molecule has 0 unspecified atom stereocenters. The molecule has 0 saturated heterocycles. The molecule has 1 aliphatic heterocycles. The molecular weight excluding hydrogens is 305 g/mol. The lowest BCUT2D eigenvalue weighted by Gasteiger charge is -2.19. The second-order valence-corrected chi connectivity index (χ2v) is 5.68. The minimum atomic E-state index is -0.213. The molecular formula is C18H16FN5. The highest BCUT2D eigenvalue weighted by Crippen LogP contribution is 2.24. The van der Waals surface area contributed by atoms with Crippen LogP contribution in [-0.4, -0.2) is 28.1 Å². The second-order valence-electron chi connectivity index (χ2n) is 5.68. The Bertz CT molecular complexity index is 842. The number of anilines is 1. The molecule has 0 bridgehead atoms. The van der Waals surface area contributed by atoms with Crippen molar-refractivity contribution in [1.29, 1.82) is 0 Å². The number of H-pyrrole nitrogens is 1.